The van der Waals surface area contributed by atoms with Gasteiger partial charge in [0.25, 0.3) is 5.91 Å². The average molecular weight is 588 g/mol. The molecule has 3 amide bonds. The van der Waals surface area contributed by atoms with Gasteiger partial charge in [-0.25, -0.2) is 9.28 Å². The summed E-state index contributed by atoms with van der Waals surface area (Å²) in [5, 5.41) is 14.3. The van der Waals surface area contributed by atoms with Crippen LogP contribution in [0, 0.1) is 22.7 Å². The third kappa shape index (κ3) is 4.32. The summed E-state index contributed by atoms with van der Waals surface area (Å²) in [5.41, 5.74) is 1.61. The van der Waals surface area contributed by atoms with Gasteiger partial charge in [0.05, 0.1) is 7.05 Å². The number of amides is 3. The number of carbonyl (C=O) groups is 3. The van der Waals surface area contributed by atoms with Gasteiger partial charge in [-0.05, 0) is 61.3 Å². The van der Waals surface area contributed by atoms with Crippen molar-refractivity contribution in [1.29, 1.82) is 0 Å². The summed E-state index contributed by atoms with van der Waals surface area (Å²) in [6, 6.07) is 9.44. The van der Waals surface area contributed by atoms with Gasteiger partial charge < -0.3 is 10.6 Å². The topological polar surface area (TPSA) is 105 Å². The maximum absolute atomic E-state index is 14.8. The van der Waals surface area contributed by atoms with Crippen LogP contribution in [0.25, 0.3) is 0 Å². The minimum absolute atomic E-state index is 0.0329. The first-order chi connectivity index (χ1) is 20.5. The highest BCUT2D eigenvalue weighted by Crippen LogP contribution is 2.66. The lowest BCUT2D eigenvalue weighted by atomic mass is 9.64. The van der Waals surface area contributed by atoms with E-state index in [1.54, 1.807) is 24.0 Å². The molecule has 2 aliphatic heterocycles. The average Bonchev–Trinajstić information content (AvgIpc) is 3.28. The molecule has 3 heterocycles. The molecule has 5 fully saturated rings. The molecule has 1 aromatic carbocycles. The van der Waals surface area contributed by atoms with Crippen LogP contribution < -0.4 is 20.4 Å². The lowest BCUT2D eigenvalue weighted by Crippen LogP contribution is -2.69. The molecule has 3 N–H and O–H groups in total. The van der Waals surface area contributed by atoms with Crippen molar-refractivity contribution in [2.24, 2.45) is 29.7 Å². The standard InChI is InChI=1S/C34H46N6O3/c1-32(14-7-15-32)21-35-31(43)34(16-8-17-36-34)23-11-6-12-24(19-23)40(4)26-20-33(26,2)27(22-9-5-10-22)28(30(40)42)38-29(41)25-13-18-37-39(25)3/h6,11-13,18-19,22,26-28,36H,5,7-10,14-17,20-21H2,1-4H3,(H-,35,38,41,43)/p+1/t26?,27?,28-,33?,34?,40?/m0/s1. The number of hydrogen-bond donors (Lipinski definition) is 3. The van der Waals surface area contributed by atoms with Gasteiger partial charge in [-0.3, -0.25) is 19.6 Å². The predicted molar refractivity (Wildman–Crippen MR) is 165 cm³/mol. The van der Waals surface area contributed by atoms with E-state index in [1.165, 1.54) is 12.8 Å². The molecule has 0 spiro atoms. The number of hydrogen-bond acceptors (Lipinski definition) is 5. The van der Waals surface area contributed by atoms with Gasteiger partial charge >= 0.3 is 5.91 Å². The van der Waals surface area contributed by atoms with Crippen LogP contribution in [0.2, 0.25) is 0 Å². The van der Waals surface area contributed by atoms with Crippen LogP contribution in [0.5, 0.6) is 0 Å². The van der Waals surface area contributed by atoms with Crippen molar-refractivity contribution in [3.63, 3.8) is 0 Å². The van der Waals surface area contributed by atoms with E-state index in [9.17, 15) is 14.4 Å². The van der Waals surface area contributed by atoms with Gasteiger partial charge in [0.1, 0.15) is 29.0 Å². The fourth-order valence-corrected chi connectivity index (χ4v) is 9.12. The zero-order valence-electron chi connectivity index (χ0n) is 26.1. The summed E-state index contributed by atoms with van der Waals surface area (Å²) >= 11 is 0. The summed E-state index contributed by atoms with van der Waals surface area (Å²) in [4.78, 5) is 42.2. The van der Waals surface area contributed by atoms with Crippen molar-refractivity contribution in [1.82, 2.24) is 30.2 Å². The number of piperidine rings is 1. The van der Waals surface area contributed by atoms with Crippen molar-refractivity contribution in [3.05, 3.63) is 47.8 Å². The summed E-state index contributed by atoms with van der Waals surface area (Å²) in [6.07, 6.45) is 11.2. The molecule has 6 atom stereocenters. The predicted octanol–water partition coefficient (Wildman–Crippen LogP) is 3.78. The highest BCUT2D eigenvalue weighted by molar-refractivity contribution is 6.01. The van der Waals surface area contributed by atoms with E-state index in [1.807, 2.05) is 25.2 Å². The van der Waals surface area contributed by atoms with Crippen molar-refractivity contribution in [2.45, 2.75) is 89.3 Å². The Morgan fingerprint density at radius 1 is 1.12 bits per heavy atom. The smallest absolute Gasteiger partial charge is 0.341 e. The second-order valence-electron chi connectivity index (χ2n) is 15.0. The van der Waals surface area contributed by atoms with Gasteiger partial charge in [-0.2, -0.15) is 5.10 Å². The Kier molecular flexibility index (Phi) is 6.67. The molecule has 0 bridgehead atoms. The molecule has 3 aliphatic carbocycles. The van der Waals surface area contributed by atoms with Gasteiger partial charge in [-0.1, -0.05) is 51.7 Å². The molecule has 1 aromatic heterocycles. The molecule has 9 heteroatoms. The van der Waals surface area contributed by atoms with Crippen molar-refractivity contribution < 1.29 is 14.4 Å². The third-order valence-corrected chi connectivity index (χ3v) is 12.4. The number of carbonyl (C=O) groups excluding carboxylic acids is 3. The zero-order chi connectivity index (χ0) is 30.2. The quantitative estimate of drug-likeness (QED) is 0.408. The fraction of sp³-hybridized carbons (Fsp3) is 0.647. The van der Waals surface area contributed by atoms with E-state index in [0.717, 1.165) is 62.7 Å². The van der Waals surface area contributed by atoms with Gasteiger partial charge in [0, 0.05) is 43.6 Å². The van der Waals surface area contributed by atoms with Crippen LogP contribution in [-0.2, 0) is 22.2 Å². The number of quaternary nitrogens is 1. The normalized spacial score (nSPS) is 36.3. The number of benzene rings is 1. The maximum atomic E-state index is 14.8. The van der Waals surface area contributed by atoms with E-state index in [0.29, 0.717) is 18.2 Å². The zero-order valence-corrected chi connectivity index (χ0v) is 26.1. The SMILES string of the molecule is Cn1nccc1C(=O)N[C@@H]1C(=O)[N+](C)(c2cccc(C3(C(=O)NCC4(C)CCC4)CCCN3)c2)C2CC2(C)C1C1CCC1. The summed E-state index contributed by atoms with van der Waals surface area (Å²) in [5.74, 6) is 0.386. The minimum atomic E-state index is -0.803. The number of nitrogens with one attached hydrogen (secondary N) is 3. The Labute approximate surface area is 254 Å². The van der Waals surface area contributed by atoms with Crippen LogP contribution in [-0.4, -0.2) is 59.7 Å². The summed E-state index contributed by atoms with van der Waals surface area (Å²) in [6.45, 7) is 6.06. The van der Waals surface area contributed by atoms with Crippen LogP contribution in [0.15, 0.2) is 36.5 Å². The van der Waals surface area contributed by atoms with Crippen molar-refractivity contribution in [3.8, 4) is 0 Å². The Bertz CT molecular complexity index is 1450. The molecule has 2 aromatic rings. The highest BCUT2D eigenvalue weighted by atomic mass is 16.2. The van der Waals surface area contributed by atoms with E-state index in [4.69, 9.17) is 0 Å². The fourth-order valence-electron chi connectivity index (χ4n) is 9.12. The number of likely N-dealkylation sites (tertiary alicyclic amines) is 1. The van der Waals surface area contributed by atoms with Crippen LogP contribution in [0.1, 0.15) is 87.7 Å². The number of likely N-dealkylation sites (N-methyl/N-ethyl adjacent to an activating group) is 1. The molecule has 43 heavy (non-hydrogen) atoms. The maximum Gasteiger partial charge on any atom is 0.341 e. The summed E-state index contributed by atoms with van der Waals surface area (Å²) in [7, 11) is 3.78. The van der Waals surface area contributed by atoms with Gasteiger partial charge in [0.15, 0.2) is 0 Å². The van der Waals surface area contributed by atoms with Crippen LogP contribution >= 0.6 is 0 Å². The first-order valence-electron chi connectivity index (χ1n) is 16.4. The molecule has 7 rings (SSSR count). The first-order valence-corrected chi connectivity index (χ1v) is 16.4. The number of aryl methyl sites for hydroxylation is 1. The molecule has 5 aliphatic rings. The molecule has 3 saturated carbocycles. The third-order valence-electron chi connectivity index (χ3n) is 12.4. The number of fused-ring (bicyclic) bond motifs is 1. The number of rotatable bonds is 8. The van der Waals surface area contributed by atoms with Crippen LogP contribution in [0.4, 0.5) is 5.69 Å². The van der Waals surface area contributed by atoms with Crippen molar-refractivity contribution in [2.75, 3.05) is 20.1 Å². The minimum Gasteiger partial charge on any atom is -0.354 e. The lowest BCUT2D eigenvalue weighted by molar-refractivity contribution is -0.140. The molecule has 230 valence electrons. The van der Waals surface area contributed by atoms with E-state index < -0.39 is 11.6 Å². The monoisotopic (exact) mass is 587 g/mol. The molecule has 5 unspecified atom stereocenters. The Balaban J connectivity index is 1.22. The van der Waals surface area contributed by atoms with Crippen LogP contribution in [0.3, 0.4) is 0 Å². The van der Waals surface area contributed by atoms with E-state index in [-0.39, 0.29) is 45.0 Å². The first kappa shape index (κ1) is 28.7. The Morgan fingerprint density at radius 2 is 1.91 bits per heavy atom. The van der Waals surface area contributed by atoms with Crippen molar-refractivity contribution >= 4 is 23.4 Å². The largest absolute Gasteiger partial charge is 0.354 e. The molecule has 2 saturated heterocycles. The molecule has 0 radical (unpaired) electrons. The highest BCUT2D eigenvalue weighted by Gasteiger charge is 2.75. The number of nitrogens with zero attached hydrogens (tertiary/aromatic N) is 3. The molecule has 9 nitrogen and oxygen atoms in total. The second-order valence-corrected chi connectivity index (χ2v) is 15.0. The summed E-state index contributed by atoms with van der Waals surface area (Å²) < 4.78 is 1.70. The molecular formula is C34H47N6O3+. The van der Waals surface area contributed by atoms with E-state index >= 15 is 0 Å². The Hall–Kier alpha value is -3.04. The van der Waals surface area contributed by atoms with Gasteiger partial charge in [-0.15, -0.1) is 0 Å². The lowest BCUT2D eigenvalue weighted by Gasteiger charge is -2.49. The number of aromatic nitrogens is 2. The second kappa shape index (κ2) is 9.99. The molecular weight excluding hydrogens is 540 g/mol. The van der Waals surface area contributed by atoms with Gasteiger partial charge in [0.2, 0.25) is 5.91 Å². The van der Waals surface area contributed by atoms with E-state index in [2.05, 4.69) is 41.0 Å². The Morgan fingerprint density at radius 3 is 2.51 bits per heavy atom.